The lowest BCUT2D eigenvalue weighted by Crippen LogP contribution is -2.53. The maximum Gasteiger partial charge on any atom is 0.328 e. The molecule has 0 saturated carbocycles. The summed E-state index contributed by atoms with van der Waals surface area (Å²) in [5.74, 6) is -1.38. The Morgan fingerprint density at radius 1 is 0.828 bits per heavy atom. The van der Waals surface area contributed by atoms with Crippen LogP contribution in [0, 0.1) is 0 Å². The van der Waals surface area contributed by atoms with E-state index in [1.807, 2.05) is 0 Å². The first-order valence-electron chi connectivity index (χ1n) is 8.99. The number of ether oxygens (including phenoxy) is 1. The van der Waals surface area contributed by atoms with Crippen molar-refractivity contribution in [2.75, 3.05) is 7.11 Å². The number of nitrogens with one attached hydrogen (secondary N) is 2. The van der Waals surface area contributed by atoms with E-state index >= 15 is 0 Å². The maximum atomic E-state index is 12.8. The van der Waals surface area contributed by atoms with Crippen LogP contribution in [-0.4, -0.2) is 47.2 Å². The van der Waals surface area contributed by atoms with E-state index in [4.69, 9.17) is 4.74 Å². The molecular formula is C21H24N2O6. The predicted molar refractivity (Wildman–Crippen MR) is 105 cm³/mol. The first-order valence-corrected chi connectivity index (χ1v) is 8.99. The van der Waals surface area contributed by atoms with Crippen molar-refractivity contribution in [2.24, 2.45) is 0 Å². The molecule has 4 N–H and O–H groups in total. The Labute approximate surface area is 168 Å². The van der Waals surface area contributed by atoms with Crippen LogP contribution in [0.5, 0.6) is 11.5 Å². The number of phenolic OH excluding ortho intramolecular Hbond substituents is 2. The van der Waals surface area contributed by atoms with Crippen molar-refractivity contribution in [3.05, 3.63) is 59.7 Å². The standard InChI is InChI=1S/C21H24N2O6/c1-13(24)22-18(11-14-3-7-16(25)8-4-14)20(27)23-19(21(28)29-2)12-15-5-9-17(26)10-6-15/h3-10,18-19,25-26H,11-12H2,1-2H3,(H,22,24)(H,23,27). The van der Waals surface area contributed by atoms with Crippen LogP contribution in [0.1, 0.15) is 18.1 Å². The second kappa shape index (κ2) is 10.1. The molecule has 154 valence electrons. The van der Waals surface area contributed by atoms with Crippen LogP contribution in [0.25, 0.3) is 0 Å². The Morgan fingerprint density at radius 3 is 1.69 bits per heavy atom. The number of methoxy groups -OCH3 is 1. The second-order valence-corrected chi connectivity index (χ2v) is 6.58. The van der Waals surface area contributed by atoms with Crippen LogP contribution in [0.3, 0.4) is 0 Å². The summed E-state index contributed by atoms with van der Waals surface area (Å²) >= 11 is 0. The smallest absolute Gasteiger partial charge is 0.328 e. The third kappa shape index (κ3) is 6.84. The van der Waals surface area contributed by atoms with Gasteiger partial charge in [0.25, 0.3) is 0 Å². The second-order valence-electron chi connectivity index (χ2n) is 6.58. The van der Waals surface area contributed by atoms with Gasteiger partial charge in [0.2, 0.25) is 11.8 Å². The van der Waals surface area contributed by atoms with Crippen LogP contribution >= 0.6 is 0 Å². The van der Waals surface area contributed by atoms with E-state index < -0.39 is 29.9 Å². The first-order chi connectivity index (χ1) is 13.8. The van der Waals surface area contributed by atoms with Crippen molar-refractivity contribution in [3.8, 4) is 11.5 Å². The third-order valence-electron chi connectivity index (χ3n) is 4.25. The van der Waals surface area contributed by atoms with Crippen molar-refractivity contribution in [1.82, 2.24) is 10.6 Å². The quantitative estimate of drug-likeness (QED) is 0.491. The normalized spacial score (nSPS) is 12.5. The molecular weight excluding hydrogens is 376 g/mol. The van der Waals surface area contributed by atoms with Crippen LogP contribution in [0.15, 0.2) is 48.5 Å². The molecule has 0 fully saturated rings. The highest BCUT2D eigenvalue weighted by Crippen LogP contribution is 2.13. The van der Waals surface area contributed by atoms with Gasteiger partial charge in [0.1, 0.15) is 23.6 Å². The summed E-state index contributed by atoms with van der Waals surface area (Å²) in [5.41, 5.74) is 1.44. The molecule has 0 aliphatic rings. The Morgan fingerprint density at radius 2 is 1.28 bits per heavy atom. The fourth-order valence-corrected chi connectivity index (χ4v) is 2.80. The van der Waals surface area contributed by atoms with Crippen molar-refractivity contribution in [3.63, 3.8) is 0 Å². The molecule has 0 aliphatic carbocycles. The third-order valence-corrected chi connectivity index (χ3v) is 4.25. The van der Waals surface area contributed by atoms with Gasteiger partial charge in [0.05, 0.1) is 7.11 Å². The summed E-state index contributed by atoms with van der Waals surface area (Å²) in [6.45, 7) is 1.30. The molecule has 0 aromatic heterocycles. The summed E-state index contributed by atoms with van der Waals surface area (Å²) < 4.78 is 4.78. The van der Waals surface area contributed by atoms with Crippen LogP contribution < -0.4 is 10.6 Å². The Bertz CT molecular complexity index is 848. The van der Waals surface area contributed by atoms with E-state index in [2.05, 4.69) is 10.6 Å². The zero-order chi connectivity index (χ0) is 21.4. The van der Waals surface area contributed by atoms with Gasteiger partial charge in [0, 0.05) is 19.8 Å². The Kier molecular flexibility index (Phi) is 7.59. The van der Waals surface area contributed by atoms with E-state index in [0.29, 0.717) is 5.56 Å². The van der Waals surface area contributed by atoms with Gasteiger partial charge in [-0.2, -0.15) is 0 Å². The van der Waals surface area contributed by atoms with Crippen LogP contribution in [-0.2, 0) is 32.0 Å². The summed E-state index contributed by atoms with van der Waals surface area (Å²) in [5, 5.41) is 24.0. The lowest BCUT2D eigenvalue weighted by molar-refractivity contribution is -0.145. The number of aromatic hydroxyl groups is 2. The number of benzene rings is 2. The number of amides is 2. The highest BCUT2D eigenvalue weighted by atomic mass is 16.5. The van der Waals surface area contributed by atoms with E-state index in [0.717, 1.165) is 5.56 Å². The van der Waals surface area contributed by atoms with Crippen molar-refractivity contribution in [2.45, 2.75) is 31.8 Å². The molecule has 2 amide bonds. The molecule has 0 spiro atoms. The molecule has 8 heteroatoms. The molecule has 2 atom stereocenters. The molecule has 2 unspecified atom stereocenters. The Hall–Kier alpha value is -3.55. The molecule has 2 rings (SSSR count). The zero-order valence-corrected chi connectivity index (χ0v) is 16.2. The Balaban J connectivity index is 2.15. The maximum absolute atomic E-state index is 12.8. The van der Waals surface area contributed by atoms with Gasteiger partial charge in [0.15, 0.2) is 0 Å². The highest BCUT2D eigenvalue weighted by molar-refractivity contribution is 5.90. The minimum atomic E-state index is -0.965. The number of rotatable bonds is 8. The fourth-order valence-electron chi connectivity index (χ4n) is 2.80. The fraction of sp³-hybridized carbons (Fsp3) is 0.286. The lowest BCUT2D eigenvalue weighted by atomic mass is 10.0. The largest absolute Gasteiger partial charge is 0.508 e. The summed E-state index contributed by atoms with van der Waals surface area (Å²) in [4.78, 5) is 36.5. The number of hydrogen-bond acceptors (Lipinski definition) is 6. The van der Waals surface area contributed by atoms with Gasteiger partial charge < -0.3 is 25.6 Å². The van der Waals surface area contributed by atoms with Gasteiger partial charge in [-0.25, -0.2) is 4.79 Å². The van der Waals surface area contributed by atoms with Crippen molar-refractivity contribution >= 4 is 17.8 Å². The van der Waals surface area contributed by atoms with Crippen LogP contribution in [0.4, 0.5) is 0 Å². The van der Waals surface area contributed by atoms with Crippen LogP contribution in [0.2, 0.25) is 0 Å². The molecule has 0 saturated heterocycles. The van der Waals surface area contributed by atoms with E-state index in [-0.39, 0.29) is 24.3 Å². The summed E-state index contributed by atoms with van der Waals surface area (Å²) in [7, 11) is 1.22. The molecule has 0 radical (unpaired) electrons. The molecule has 29 heavy (non-hydrogen) atoms. The molecule has 2 aromatic carbocycles. The molecule has 2 aromatic rings. The number of carbonyl (C=O) groups is 3. The topological polar surface area (TPSA) is 125 Å². The van der Waals surface area contributed by atoms with Crippen molar-refractivity contribution in [1.29, 1.82) is 0 Å². The number of carbonyl (C=O) groups excluding carboxylic acids is 3. The average molecular weight is 400 g/mol. The number of esters is 1. The average Bonchev–Trinajstić information content (AvgIpc) is 2.69. The van der Waals surface area contributed by atoms with Gasteiger partial charge in [-0.15, -0.1) is 0 Å². The SMILES string of the molecule is COC(=O)C(Cc1ccc(O)cc1)NC(=O)C(Cc1ccc(O)cc1)NC(C)=O. The van der Waals surface area contributed by atoms with Gasteiger partial charge in [-0.3, -0.25) is 9.59 Å². The molecule has 0 heterocycles. The van der Waals surface area contributed by atoms with Gasteiger partial charge >= 0.3 is 5.97 Å². The zero-order valence-electron chi connectivity index (χ0n) is 16.2. The summed E-state index contributed by atoms with van der Waals surface area (Å²) in [6, 6.07) is 10.6. The minimum Gasteiger partial charge on any atom is -0.508 e. The van der Waals surface area contributed by atoms with E-state index in [1.165, 1.54) is 38.3 Å². The number of phenols is 2. The predicted octanol–water partition coefficient (Wildman–Crippen LogP) is 1.05. The lowest BCUT2D eigenvalue weighted by Gasteiger charge is -2.22. The van der Waals surface area contributed by atoms with E-state index in [9.17, 15) is 24.6 Å². The van der Waals surface area contributed by atoms with Gasteiger partial charge in [-0.1, -0.05) is 24.3 Å². The van der Waals surface area contributed by atoms with Gasteiger partial charge in [-0.05, 0) is 35.4 Å². The minimum absolute atomic E-state index is 0.0898. The van der Waals surface area contributed by atoms with Crippen molar-refractivity contribution < 1.29 is 29.3 Å². The van der Waals surface area contributed by atoms with E-state index in [1.54, 1.807) is 24.3 Å². The number of hydrogen-bond donors (Lipinski definition) is 4. The highest BCUT2D eigenvalue weighted by Gasteiger charge is 2.27. The first kappa shape index (κ1) is 21.7. The molecule has 0 aliphatic heterocycles. The monoisotopic (exact) mass is 400 g/mol. The molecule has 8 nitrogen and oxygen atoms in total. The summed E-state index contributed by atoms with van der Waals surface area (Å²) in [6.07, 6.45) is 0.337. The molecule has 0 bridgehead atoms.